The van der Waals surface area contributed by atoms with Gasteiger partial charge in [0.2, 0.25) is 11.8 Å². The van der Waals surface area contributed by atoms with Gasteiger partial charge in [0, 0.05) is 64.3 Å². The molecule has 2 bridgehead atoms. The first-order valence-corrected chi connectivity index (χ1v) is 13.9. The Morgan fingerprint density at radius 3 is 2.53 bits per heavy atom. The number of amides is 2. The number of para-hydroxylation sites is 1. The van der Waals surface area contributed by atoms with Gasteiger partial charge in [0.05, 0.1) is 6.54 Å². The Morgan fingerprint density at radius 2 is 1.71 bits per heavy atom. The molecule has 0 spiro atoms. The monoisotopic (exact) mass is 516 g/mol. The molecule has 3 aliphatic rings. The Morgan fingerprint density at radius 1 is 0.947 bits per heavy atom. The summed E-state index contributed by atoms with van der Waals surface area (Å²) in [5, 5.41) is 0. The van der Waals surface area contributed by atoms with E-state index in [9.17, 15) is 9.59 Å². The van der Waals surface area contributed by atoms with Crippen LogP contribution in [0.4, 0.5) is 0 Å². The Hall–Kier alpha value is -3.16. The summed E-state index contributed by atoms with van der Waals surface area (Å²) in [5.41, 5.74) is 2.26. The van der Waals surface area contributed by atoms with Crippen LogP contribution in [0, 0.1) is 11.8 Å². The van der Waals surface area contributed by atoms with Crippen molar-refractivity contribution >= 4 is 11.8 Å². The highest BCUT2D eigenvalue weighted by Gasteiger charge is 2.33. The molecule has 0 aliphatic carbocycles. The fraction of sp³-hybridized carbons (Fsp3) is 0.484. The smallest absolute Gasteiger partial charge is 0.236 e. The van der Waals surface area contributed by atoms with E-state index in [4.69, 9.17) is 4.74 Å². The number of rotatable bonds is 4. The molecule has 0 saturated carbocycles. The topological polar surface area (TPSA) is 56.3 Å². The summed E-state index contributed by atoms with van der Waals surface area (Å²) in [5.74, 6) is 1.64. The van der Waals surface area contributed by atoms with Crippen molar-refractivity contribution in [3.8, 4) is 5.75 Å². The van der Waals surface area contributed by atoms with E-state index >= 15 is 0 Å². The summed E-state index contributed by atoms with van der Waals surface area (Å²) in [6.45, 7) is 6.98. The molecule has 2 saturated heterocycles. The predicted octanol–water partition coefficient (Wildman–Crippen LogP) is 3.27. The van der Waals surface area contributed by atoms with Gasteiger partial charge in [-0.25, -0.2) is 0 Å². The summed E-state index contributed by atoms with van der Waals surface area (Å²) in [7, 11) is 2.11. The van der Waals surface area contributed by atoms with Crippen LogP contribution in [-0.2, 0) is 22.7 Å². The normalized spacial score (nSPS) is 23.6. The van der Waals surface area contributed by atoms with Gasteiger partial charge in [-0.1, -0.05) is 60.7 Å². The van der Waals surface area contributed by atoms with Crippen molar-refractivity contribution < 1.29 is 14.3 Å². The lowest BCUT2D eigenvalue weighted by Crippen LogP contribution is -2.50. The Kier molecular flexibility index (Phi) is 8.76. The molecule has 0 unspecified atom stereocenters. The van der Waals surface area contributed by atoms with Crippen LogP contribution in [-0.4, -0.2) is 90.9 Å². The van der Waals surface area contributed by atoms with Crippen LogP contribution in [0.3, 0.4) is 0 Å². The van der Waals surface area contributed by atoms with Crippen molar-refractivity contribution in [2.75, 3.05) is 59.5 Å². The van der Waals surface area contributed by atoms with E-state index in [2.05, 4.69) is 47.2 Å². The maximum absolute atomic E-state index is 13.6. The number of carbonyl (C=O) groups is 2. The third kappa shape index (κ3) is 6.83. The highest BCUT2D eigenvalue weighted by Crippen LogP contribution is 2.30. The number of nitrogens with zero attached hydrogens (tertiary/aromatic N) is 4. The van der Waals surface area contributed by atoms with E-state index < -0.39 is 0 Å². The highest BCUT2D eigenvalue weighted by atomic mass is 16.5. The molecule has 0 aromatic heterocycles. The fourth-order valence-electron chi connectivity index (χ4n) is 5.82. The third-order valence-corrected chi connectivity index (χ3v) is 8.14. The lowest BCUT2D eigenvalue weighted by Gasteiger charge is -2.39. The lowest BCUT2D eigenvalue weighted by molar-refractivity contribution is -0.136. The van der Waals surface area contributed by atoms with Gasteiger partial charge in [-0.05, 0) is 36.9 Å². The van der Waals surface area contributed by atoms with Crippen LogP contribution in [0.1, 0.15) is 24.0 Å². The average molecular weight is 517 g/mol. The molecule has 0 radical (unpaired) electrons. The number of hydrogen-bond donors (Lipinski definition) is 0. The molecule has 2 aromatic rings. The highest BCUT2D eigenvalue weighted by molar-refractivity contribution is 5.79. The molecule has 3 aliphatic heterocycles. The minimum Gasteiger partial charge on any atom is -0.489 e. The molecule has 2 fully saturated rings. The number of fused-ring (bicyclic) bond motifs is 3. The zero-order valence-electron chi connectivity index (χ0n) is 22.5. The second-order valence-corrected chi connectivity index (χ2v) is 10.9. The molecule has 7 heteroatoms. The summed E-state index contributed by atoms with van der Waals surface area (Å²) in [6, 6.07) is 18.4. The number of benzene rings is 2. The second-order valence-electron chi connectivity index (χ2n) is 10.9. The Labute approximate surface area is 226 Å². The average Bonchev–Trinajstić information content (AvgIpc) is 2.93. The Balaban J connectivity index is 1.33. The van der Waals surface area contributed by atoms with Crippen LogP contribution in [0.25, 0.3) is 0 Å². The van der Waals surface area contributed by atoms with E-state index in [-0.39, 0.29) is 23.7 Å². The van der Waals surface area contributed by atoms with Gasteiger partial charge in [0.25, 0.3) is 0 Å². The van der Waals surface area contributed by atoms with Gasteiger partial charge < -0.3 is 19.4 Å². The van der Waals surface area contributed by atoms with Gasteiger partial charge in [-0.15, -0.1) is 0 Å². The molecule has 38 heavy (non-hydrogen) atoms. The number of carbonyl (C=O) groups excluding carboxylic acids is 2. The van der Waals surface area contributed by atoms with Crippen molar-refractivity contribution in [2.45, 2.75) is 25.9 Å². The first kappa shape index (κ1) is 26.4. The summed E-state index contributed by atoms with van der Waals surface area (Å²) < 4.78 is 6.19. The van der Waals surface area contributed by atoms with Crippen molar-refractivity contribution in [3.63, 3.8) is 0 Å². The third-order valence-electron chi connectivity index (χ3n) is 8.14. The summed E-state index contributed by atoms with van der Waals surface area (Å²) >= 11 is 0. The molecule has 5 rings (SSSR count). The number of piperidine rings is 1. The first-order chi connectivity index (χ1) is 18.5. The molecule has 0 N–H and O–H groups in total. The van der Waals surface area contributed by atoms with E-state index in [0.717, 1.165) is 43.9 Å². The van der Waals surface area contributed by atoms with Crippen molar-refractivity contribution in [1.29, 1.82) is 0 Å². The van der Waals surface area contributed by atoms with Crippen molar-refractivity contribution in [1.82, 2.24) is 19.6 Å². The zero-order valence-corrected chi connectivity index (χ0v) is 22.5. The standard InChI is InChI=1S/C31H40N4O3/c1-32-15-17-34(18-16-32)30(36)20-26-13-14-35-23-27(26)11-7-19-38-29-12-6-5-10-28(29)22-33(24-31(35)37)21-25-8-3-2-4-9-25/h2-12,26-27H,13-24H2,1H3/t26-,27-/m0/s1. The largest absolute Gasteiger partial charge is 0.489 e. The van der Waals surface area contributed by atoms with Crippen LogP contribution in [0.15, 0.2) is 66.7 Å². The number of piperazine rings is 1. The van der Waals surface area contributed by atoms with Gasteiger partial charge in [-0.3, -0.25) is 14.5 Å². The number of ether oxygens (including phenoxy) is 1. The maximum Gasteiger partial charge on any atom is 0.236 e. The molecular weight excluding hydrogens is 476 g/mol. The first-order valence-electron chi connectivity index (χ1n) is 13.9. The van der Waals surface area contributed by atoms with E-state index in [0.29, 0.717) is 45.8 Å². The number of likely N-dealkylation sites (N-methyl/N-ethyl adjacent to an activating group) is 1. The van der Waals surface area contributed by atoms with Gasteiger partial charge in [0.15, 0.2) is 0 Å². The molecular formula is C31H40N4O3. The van der Waals surface area contributed by atoms with E-state index in [1.54, 1.807) is 0 Å². The SMILES string of the molecule is CN1CCN(C(=O)C[C@@H]2CCN3C[C@@H]2C=CCOc2ccccc2CN(Cc2ccccc2)CC3=O)CC1. The van der Waals surface area contributed by atoms with Crippen LogP contribution >= 0.6 is 0 Å². The molecule has 3 heterocycles. The van der Waals surface area contributed by atoms with Gasteiger partial charge in [-0.2, -0.15) is 0 Å². The minimum absolute atomic E-state index is 0.145. The predicted molar refractivity (Wildman–Crippen MR) is 149 cm³/mol. The summed E-state index contributed by atoms with van der Waals surface area (Å²) in [6.07, 6.45) is 5.65. The minimum atomic E-state index is 0.145. The number of hydrogen-bond acceptors (Lipinski definition) is 5. The van der Waals surface area contributed by atoms with E-state index in [1.165, 1.54) is 5.56 Å². The molecule has 202 valence electrons. The molecule has 2 atom stereocenters. The van der Waals surface area contributed by atoms with Gasteiger partial charge >= 0.3 is 0 Å². The zero-order chi connectivity index (χ0) is 26.3. The van der Waals surface area contributed by atoms with Gasteiger partial charge in [0.1, 0.15) is 12.4 Å². The van der Waals surface area contributed by atoms with Crippen molar-refractivity contribution in [2.24, 2.45) is 11.8 Å². The Bertz CT molecular complexity index is 1110. The van der Waals surface area contributed by atoms with Crippen LogP contribution in [0.2, 0.25) is 0 Å². The van der Waals surface area contributed by atoms with E-state index in [1.807, 2.05) is 46.2 Å². The molecule has 2 amide bonds. The summed E-state index contributed by atoms with van der Waals surface area (Å²) in [4.78, 5) is 35.2. The maximum atomic E-state index is 13.6. The van der Waals surface area contributed by atoms with Crippen LogP contribution in [0.5, 0.6) is 5.75 Å². The lowest BCUT2D eigenvalue weighted by atomic mass is 9.82. The molecule has 2 aromatic carbocycles. The van der Waals surface area contributed by atoms with Crippen molar-refractivity contribution in [3.05, 3.63) is 77.9 Å². The van der Waals surface area contributed by atoms with Crippen LogP contribution < -0.4 is 4.74 Å². The fourth-order valence-corrected chi connectivity index (χ4v) is 5.82. The quantitative estimate of drug-likeness (QED) is 0.584. The molecule has 7 nitrogen and oxygen atoms in total. The second kappa shape index (κ2) is 12.6.